The average molecular weight is 396 g/mol. The molecule has 0 aliphatic heterocycles. The van der Waals surface area contributed by atoms with E-state index in [1.54, 1.807) is 0 Å². The normalized spacial score (nSPS) is 41.9. The van der Waals surface area contributed by atoms with Gasteiger partial charge in [0.05, 0.1) is 0 Å². The van der Waals surface area contributed by atoms with Crippen LogP contribution in [0.15, 0.2) is 23.8 Å². The fourth-order valence-electron chi connectivity index (χ4n) is 7.61. The molecule has 1 aromatic heterocycles. The van der Waals surface area contributed by atoms with E-state index in [2.05, 4.69) is 58.9 Å². The average Bonchev–Trinajstić information content (AvgIpc) is 3.34. The van der Waals surface area contributed by atoms with Crippen LogP contribution < -0.4 is 5.32 Å². The summed E-state index contributed by atoms with van der Waals surface area (Å²) in [5, 5.41) is 17.4. The molecular formula is C23H33N5O. The zero-order valence-electron chi connectivity index (χ0n) is 17.8. The minimum atomic E-state index is 0.194. The fraction of sp³-hybridized carbons (Fsp3) is 0.739. The molecule has 7 atom stereocenters. The number of anilines is 1. The molecule has 0 aromatic carbocycles. The molecule has 6 nitrogen and oxygen atoms in total. The molecule has 29 heavy (non-hydrogen) atoms. The molecule has 0 spiro atoms. The minimum absolute atomic E-state index is 0.194. The maximum atomic E-state index is 12.0. The molecule has 0 bridgehead atoms. The summed E-state index contributed by atoms with van der Waals surface area (Å²) >= 11 is 0. The number of hydrogen-bond acceptors (Lipinski definition) is 5. The number of allylic oxidation sites excluding steroid dienone is 4. The molecule has 1 heterocycles. The van der Waals surface area contributed by atoms with Crippen LogP contribution in [0.1, 0.15) is 59.3 Å². The van der Waals surface area contributed by atoms with Gasteiger partial charge in [0.15, 0.2) is 5.78 Å². The number of rotatable bonds is 4. The smallest absolute Gasteiger partial charge is 0.240 e. The Labute approximate surface area is 173 Å². The van der Waals surface area contributed by atoms with Gasteiger partial charge in [0.1, 0.15) is 0 Å². The third-order valence-electron chi connectivity index (χ3n) is 9.21. The van der Waals surface area contributed by atoms with E-state index in [0.717, 1.165) is 31.2 Å². The molecule has 0 amide bonds. The summed E-state index contributed by atoms with van der Waals surface area (Å²) in [5.41, 5.74) is 1.89. The molecule has 2 fully saturated rings. The van der Waals surface area contributed by atoms with E-state index in [4.69, 9.17) is 0 Å². The lowest BCUT2D eigenvalue weighted by molar-refractivity contribution is -0.116. The summed E-state index contributed by atoms with van der Waals surface area (Å²) in [6.45, 7) is 8.27. The number of tetrazole rings is 1. The van der Waals surface area contributed by atoms with Crippen molar-refractivity contribution in [1.29, 1.82) is 0 Å². The highest BCUT2D eigenvalue weighted by molar-refractivity contribution is 5.92. The van der Waals surface area contributed by atoms with Crippen LogP contribution in [0, 0.1) is 40.4 Å². The zero-order chi connectivity index (χ0) is 20.2. The van der Waals surface area contributed by atoms with Crippen LogP contribution in [0.4, 0.5) is 5.95 Å². The Kier molecular flexibility index (Phi) is 4.44. The fourth-order valence-corrected chi connectivity index (χ4v) is 7.61. The van der Waals surface area contributed by atoms with Crippen molar-refractivity contribution in [2.45, 2.75) is 59.3 Å². The Balaban J connectivity index is 1.36. The molecule has 0 radical (unpaired) electrons. The van der Waals surface area contributed by atoms with E-state index in [0.29, 0.717) is 34.9 Å². The van der Waals surface area contributed by atoms with Gasteiger partial charge in [-0.3, -0.25) is 4.79 Å². The Morgan fingerprint density at radius 3 is 2.90 bits per heavy atom. The van der Waals surface area contributed by atoms with Gasteiger partial charge in [-0.1, -0.05) is 38.0 Å². The maximum absolute atomic E-state index is 12.0. The Morgan fingerprint density at radius 1 is 1.24 bits per heavy atom. The van der Waals surface area contributed by atoms with Crippen molar-refractivity contribution in [3.63, 3.8) is 0 Å². The highest BCUT2D eigenvalue weighted by Crippen LogP contribution is 2.66. The lowest BCUT2D eigenvalue weighted by atomic mass is 9.48. The van der Waals surface area contributed by atoms with E-state index in [-0.39, 0.29) is 5.41 Å². The van der Waals surface area contributed by atoms with Crippen LogP contribution in [0.5, 0.6) is 0 Å². The van der Waals surface area contributed by atoms with E-state index >= 15 is 0 Å². The molecule has 6 heteroatoms. The molecule has 4 aliphatic rings. The summed E-state index contributed by atoms with van der Waals surface area (Å²) in [6.07, 6.45) is 13.7. The SMILES string of the molecule is C[C@H](CNc1nnn[nH]1)[C@H]1CCC2C3C=CC4=CC(=O)CC[C@]4(C)C3CC[C@@]21C. The van der Waals surface area contributed by atoms with Crippen molar-refractivity contribution in [1.82, 2.24) is 20.6 Å². The minimum Gasteiger partial charge on any atom is -0.353 e. The third kappa shape index (κ3) is 2.89. The number of hydrogen-bond donors (Lipinski definition) is 2. The molecule has 4 aliphatic carbocycles. The van der Waals surface area contributed by atoms with Gasteiger partial charge < -0.3 is 5.32 Å². The van der Waals surface area contributed by atoms with Crippen LogP contribution in [0.2, 0.25) is 0 Å². The Hall–Kier alpha value is -1.98. The quantitative estimate of drug-likeness (QED) is 0.799. The molecule has 3 unspecified atom stereocenters. The predicted molar refractivity (Wildman–Crippen MR) is 112 cm³/mol. The Morgan fingerprint density at radius 2 is 2.10 bits per heavy atom. The van der Waals surface area contributed by atoms with Gasteiger partial charge in [0.2, 0.25) is 5.95 Å². The first-order chi connectivity index (χ1) is 13.9. The van der Waals surface area contributed by atoms with E-state index in [1.165, 1.54) is 31.3 Å². The molecule has 0 saturated heterocycles. The second kappa shape index (κ2) is 6.78. The van der Waals surface area contributed by atoms with Crippen molar-refractivity contribution in [3.05, 3.63) is 23.8 Å². The zero-order valence-corrected chi connectivity index (χ0v) is 17.8. The van der Waals surface area contributed by atoms with Crippen LogP contribution in [0.25, 0.3) is 0 Å². The van der Waals surface area contributed by atoms with Gasteiger partial charge in [-0.2, -0.15) is 0 Å². The lowest BCUT2D eigenvalue weighted by Gasteiger charge is -2.56. The number of nitrogens with one attached hydrogen (secondary N) is 2. The highest BCUT2D eigenvalue weighted by atomic mass is 16.1. The van der Waals surface area contributed by atoms with Gasteiger partial charge in [-0.05, 0) is 94.6 Å². The van der Waals surface area contributed by atoms with Crippen molar-refractivity contribution in [2.75, 3.05) is 11.9 Å². The van der Waals surface area contributed by atoms with E-state index in [1.807, 2.05) is 6.08 Å². The number of aromatic nitrogens is 4. The summed E-state index contributed by atoms with van der Waals surface area (Å²) in [6, 6.07) is 0. The molecule has 2 saturated carbocycles. The number of H-pyrrole nitrogens is 1. The first-order valence-electron chi connectivity index (χ1n) is 11.3. The molecule has 2 N–H and O–H groups in total. The van der Waals surface area contributed by atoms with Gasteiger partial charge in [-0.25, -0.2) is 5.10 Å². The highest BCUT2D eigenvalue weighted by Gasteiger charge is 2.58. The Bertz CT molecular complexity index is 845. The number of carbonyl (C=O) groups excluding carboxylic acids is 1. The van der Waals surface area contributed by atoms with Crippen molar-refractivity contribution in [3.8, 4) is 0 Å². The topological polar surface area (TPSA) is 83.6 Å². The number of aromatic amines is 1. The van der Waals surface area contributed by atoms with Crippen molar-refractivity contribution in [2.24, 2.45) is 40.4 Å². The van der Waals surface area contributed by atoms with Gasteiger partial charge in [-0.15, -0.1) is 0 Å². The van der Waals surface area contributed by atoms with Crippen molar-refractivity contribution < 1.29 is 4.79 Å². The largest absolute Gasteiger partial charge is 0.353 e. The lowest BCUT2D eigenvalue weighted by Crippen LogP contribution is -2.49. The maximum Gasteiger partial charge on any atom is 0.240 e. The molecular weight excluding hydrogens is 362 g/mol. The monoisotopic (exact) mass is 395 g/mol. The predicted octanol–water partition coefficient (Wildman–Crippen LogP) is 4.17. The van der Waals surface area contributed by atoms with Crippen molar-refractivity contribution >= 4 is 11.7 Å². The molecule has 156 valence electrons. The summed E-state index contributed by atoms with van der Waals surface area (Å²) in [7, 11) is 0. The number of fused-ring (bicyclic) bond motifs is 5. The van der Waals surface area contributed by atoms with Gasteiger partial charge >= 0.3 is 0 Å². The first-order valence-corrected chi connectivity index (χ1v) is 11.3. The summed E-state index contributed by atoms with van der Waals surface area (Å²) in [5.74, 6) is 4.39. The number of nitrogens with zero attached hydrogens (tertiary/aromatic N) is 3. The van der Waals surface area contributed by atoms with E-state index < -0.39 is 0 Å². The second-order valence-electron chi connectivity index (χ2n) is 10.5. The molecule has 5 rings (SSSR count). The van der Waals surface area contributed by atoms with Crippen LogP contribution in [-0.4, -0.2) is 33.0 Å². The van der Waals surface area contributed by atoms with Crippen LogP contribution in [0.3, 0.4) is 0 Å². The van der Waals surface area contributed by atoms with E-state index in [9.17, 15) is 4.79 Å². The number of ketones is 1. The molecule has 1 aromatic rings. The standard InChI is InChI=1S/C23H33N5O/c1-14(13-24-21-25-27-28-26-21)18-6-7-19-17-5-4-15-12-16(29)8-10-22(15,2)20(17)9-11-23(18,19)3/h4-5,12,14,17-20H,6-11,13H2,1-3H3,(H2,24,25,26,27,28)/t14-,17?,18-,19?,20?,22+,23-/m1/s1. The van der Waals surface area contributed by atoms with Gasteiger partial charge in [0.25, 0.3) is 0 Å². The second-order valence-corrected chi connectivity index (χ2v) is 10.5. The summed E-state index contributed by atoms with van der Waals surface area (Å²) < 4.78 is 0. The first kappa shape index (κ1) is 19.0. The van der Waals surface area contributed by atoms with Gasteiger partial charge in [0, 0.05) is 13.0 Å². The number of carbonyl (C=O) groups is 1. The summed E-state index contributed by atoms with van der Waals surface area (Å²) in [4.78, 5) is 12.0. The van der Waals surface area contributed by atoms with Crippen LogP contribution in [-0.2, 0) is 4.79 Å². The van der Waals surface area contributed by atoms with Crippen LogP contribution >= 0.6 is 0 Å². The third-order valence-corrected chi connectivity index (χ3v) is 9.21.